The molecule has 0 radical (unpaired) electrons. The van der Waals surface area contributed by atoms with Crippen molar-refractivity contribution in [3.8, 4) is 5.75 Å². The maximum atomic E-state index is 10.8. The average Bonchev–Trinajstić information content (AvgIpc) is 2.22. The molecule has 1 atom stereocenters. The van der Waals surface area contributed by atoms with Crippen LogP contribution >= 0.6 is 15.9 Å². The van der Waals surface area contributed by atoms with Crippen LogP contribution in [0.15, 0.2) is 22.7 Å². The number of carboxylic acids is 1. The topological polar surface area (TPSA) is 86.6 Å². The molecule has 86 valence electrons. The molecule has 0 saturated heterocycles. The van der Waals surface area contributed by atoms with Crippen LogP contribution in [0.4, 0.5) is 0 Å². The molecule has 0 fully saturated rings. The van der Waals surface area contributed by atoms with Crippen molar-refractivity contribution in [1.82, 2.24) is 5.32 Å². The van der Waals surface area contributed by atoms with Crippen LogP contribution in [0.5, 0.6) is 5.75 Å². The molecule has 1 amide bonds. The number of phenols is 1. The van der Waals surface area contributed by atoms with Crippen LogP contribution in [-0.2, 0) is 16.0 Å². The first-order valence-corrected chi connectivity index (χ1v) is 5.23. The van der Waals surface area contributed by atoms with Gasteiger partial charge in [-0.3, -0.25) is 4.79 Å². The molecule has 1 aromatic carbocycles. The summed E-state index contributed by atoms with van der Waals surface area (Å²) in [6, 6.07) is 3.66. The number of hydrogen-bond donors (Lipinski definition) is 3. The fourth-order valence-electron chi connectivity index (χ4n) is 1.24. The highest BCUT2D eigenvalue weighted by atomic mass is 79.9. The number of halogens is 1. The summed E-state index contributed by atoms with van der Waals surface area (Å²) in [5.74, 6) is -1.14. The number of aliphatic carboxylic acids is 1. The van der Waals surface area contributed by atoms with Crippen molar-refractivity contribution < 1.29 is 19.8 Å². The van der Waals surface area contributed by atoms with E-state index in [-0.39, 0.29) is 12.2 Å². The van der Waals surface area contributed by atoms with Crippen LogP contribution in [0.2, 0.25) is 0 Å². The van der Waals surface area contributed by atoms with Gasteiger partial charge < -0.3 is 15.5 Å². The largest absolute Gasteiger partial charge is 0.508 e. The van der Waals surface area contributed by atoms with Crippen molar-refractivity contribution in [3.05, 3.63) is 28.2 Å². The van der Waals surface area contributed by atoms with Gasteiger partial charge in [0.2, 0.25) is 6.41 Å². The monoisotopic (exact) mass is 287 g/mol. The highest BCUT2D eigenvalue weighted by Gasteiger charge is 2.18. The van der Waals surface area contributed by atoms with E-state index in [9.17, 15) is 14.7 Å². The van der Waals surface area contributed by atoms with E-state index < -0.39 is 12.0 Å². The van der Waals surface area contributed by atoms with Gasteiger partial charge >= 0.3 is 5.97 Å². The van der Waals surface area contributed by atoms with Crippen LogP contribution in [0.3, 0.4) is 0 Å². The van der Waals surface area contributed by atoms with Crippen molar-refractivity contribution in [2.24, 2.45) is 0 Å². The highest BCUT2D eigenvalue weighted by molar-refractivity contribution is 9.10. The summed E-state index contributed by atoms with van der Waals surface area (Å²) in [4.78, 5) is 21.0. The third-order valence-corrected chi connectivity index (χ3v) is 2.53. The van der Waals surface area contributed by atoms with Gasteiger partial charge in [-0.15, -0.1) is 0 Å². The number of carboxylic acid groups (broad SMARTS) is 1. The molecular weight excluding hydrogens is 278 g/mol. The van der Waals surface area contributed by atoms with Gasteiger partial charge in [-0.1, -0.05) is 15.9 Å². The standard InChI is InChI=1S/C10H10BrNO4/c11-7-1-2-9(14)6(3-7)4-8(10(15)16)12-5-13/h1-3,5,8,14H,4H2,(H,12,13)(H,15,16). The van der Waals surface area contributed by atoms with Crippen molar-refractivity contribution in [2.75, 3.05) is 0 Å². The molecule has 1 unspecified atom stereocenters. The maximum absolute atomic E-state index is 10.8. The van der Waals surface area contributed by atoms with Crippen LogP contribution < -0.4 is 5.32 Å². The molecule has 6 heteroatoms. The lowest BCUT2D eigenvalue weighted by Crippen LogP contribution is -2.37. The molecule has 1 aromatic rings. The number of benzene rings is 1. The van der Waals surface area contributed by atoms with Crippen molar-refractivity contribution >= 4 is 28.3 Å². The van der Waals surface area contributed by atoms with E-state index in [4.69, 9.17) is 5.11 Å². The van der Waals surface area contributed by atoms with E-state index in [0.717, 1.165) is 4.47 Å². The first-order valence-electron chi connectivity index (χ1n) is 4.44. The lowest BCUT2D eigenvalue weighted by Gasteiger charge is -2.12. The van der Waals surface area contributed by atoms with Gasteiger partial charge in [0.05, 0.1) is 0 Å². The Morgan fingerprint density at radius 2 is 2.25 bits per heavy atom. The van der Waals surface area contributed by atoms with E-state index in [1.807, 2.05) is 0 Å². The Morgan fingerprint density at radius 3 is 2.81 bits per heavy atom. The molecule has 0 spiro atoms. The van der Waals surface area contributed by atoms with Crippen molar-refractivity contribution in [1.29, 1.82) is 0 Å². The number of rotatable bonds is 5. The van der Waals surface area contributed by atoms with Crippen LogP contribution in [-0.4, -0.2) is 28.6 Å². The summed E-state index contributed by atoms with van der Waals surface area (Å²) >= 11 is 3.21. The zero-order chi connectivity index (χ0) is 12.1. The highest BCUT2D eigenvalue weighted by Crippen LogP contribution is 2.23. The molecule has 16 heavy (non-hydrogen) atoms. The summed E-state index contributed by atoms with van der Waals surface area (Å²) < 4.78 is 0.732. The van der Waals surface area contributed by atoms with Gasteiger partial charge in [-0.05, 0) is 23.8 Å². The van der Waals surface area contributed by atoms with Crippen LogP contribution in [0.25, 0.3) is 0 Å². The molecule has 3 N–H and O–H groups in total. The van der Waals surface area contributed by atoms with Crippen molar-refractivity contribution in [2.45, 2.75) is 12.5 Å². The second-order valence-electron chi connectivity index (χ2n) is 3.15. The summed E-state index contributed by atoms with van der Waals surface area (Å²) in [6.45, 7) is 0. The minimum absolute atomic E-state index is 0.00199. The van der Waals surface area contributed by atoms with E-state index in [2.05, 4.69) is 21.2 Å². The molecule has 0 saturated carbocycles. The summed E-state index contributed by atoms with van der Waals surface area (Å²) in [7, 11) is 0. The maximum Gasteiger partial charge on any atom is 0.326 e. The Labute approximate surface area is 100 Å². The van der Waals surface area contributed by atoms with Gasteiger partial charge in [0.25, 0.3) is 0 Å². The van der Waals surface area contributed by atoms with Crippen LogP contribution in [0, 0.1) is 0 Å². The number of hydrogen-bond acceptors (Lipinski definition) is 3. The molecule has 5 nitrogen and oxygen atoms in total. The van der Waals surface area contributed by atoms with E-state index >= 15 is 0 Å². The molecule has 0 bridgehead atoms. The number of phenolic OH excluding ortho intramolecular Hbond substituents is 1. The second-order valence-corrected chi connectivity index (χ2v) is 4.07. The summed E-state index contributed by atoms with van der Waals surface area (Å²) in [6.07, 6.45) is 0.354. The fraction of sp³-hybridized carbons (Fsp3) is 0.200. The third kappa shape index (κ3) is 3.23. The van der Waals surface area contributed by atoms with Crippen LogP contribution in [0.1, 0.15) is 5.56 Å². The zero-order valence-corrected chi connectivity index (χ0v) is 9.77. The smallest absolute Gasteiger partial charge is 0.326 e. The van der Waals surface area contributed by atoms with Gasteiger partial charge in [0.1, 0.15) is 11.8 Å². The van der Waals surface area contributed by atoms with E-state index in [0.29, 0.717) is 12.0 Å². The number of nitrogens with one attached hydrogen (secondary N) is 1. The minimum Gasteiger partial charge on any atom is -0.508 e. The Kier molecular flexibility index (Phi) is 4.30. The van der Waals surface area contributed by atoms with Crippen molar-refractivity contribution in [3.63, 3.8) is 0 Å². The Hall–Kier alpha value is -1.56. The van der Waals surface area contributed by atoms with E-state index in [1.165, 1.54) is 6.07 Å². The lowest BCUT2D eigenvalue weighted by atomic mass is 10.1. The third-order valence-electron chi connectivity index (χ3n) is 2.03. The van der Waals surface area contributed by atoms with Gasteiger partial charge in [-0.25, -0.2) is 4.79 Å². The second kappa shape index (κ2) is 5.50. The molecule has 0 aromatic heterocycles. The van der Waals surface area contributed by atoms with Gasteiger partial charge in [-0.2, -0.15) is 0 Å². The normalized spacial score (nSPS) is 11.8. The Balaban J connectivity index is 2.88. The molecule has 0 aliphatic heterocycles. The fourth-order valence-corrected chi connectivity index (χ4v) is 1.65. The molecule has 1 rings (SSSR count). The van der Waals surface area contributed by atoms with Gasteiger partial charge in [0, 0.05) is 10.9 Å². The number of amides is 1. The zero-order valence-electron chi connectivity index (χ0n) is 8.18. The molecule has 0 aliphatic carbocycles. The average molecular weight is 288 g/mol. The SMILES string of the molecule is O=CNC(Cc1cc(Br)ccc1O)C(=O)O. The van der Waals surface area contributed by atoms with E-state index in [1.54, 1.807) is 12.1 Å². The number of carbonyl (C=O) groups is 2. The Morgan fingerprint density at radius 1 is 1.56 bits per heavy atom. The quantitative estimate of drug-likeness (QED) is 0.702. The number of aromatic hydroxyl groups is 1. The summed E-state index contributed by atoms with van der Waals surface area (Å²) in [5.41, 5.74) is 0.455. The lowest BCUT2D eigenvalue weighted by molar-refractivity contribution is -0.140. The predicted molar refractivity (Wildman–Crippen MR) is 60.1 cm³/mol. The number of carbonyl (C=O) groups excluding carboxylic acids is 1. The predicted octanol–water partition coefficient (Wildman–Crippen LogP) is 0.896. The first kappa shape index (κ1) is 12.5. The first-order chi connectivity index (χ1) is 7.54. The van der Waals surface area contributed by atoms with Gasteiger partial charge in [0.15, 0.2) is 0 Å². The minimum atomic E-state index is -1.15. The summed E-state index contributed by atoms with van der Waals surface area (Å²) in [5, 5.41) is 20.5. The molecule has 0 aliphatic rings. The Bertz CT molecular complexity index is 408. The molecule has 0 heterocycles. The molecular formula is C10H10BrNO4.